The molecular weight excluding hydrogens is 998 g/mol. The van der Waals surface area contributed by atoms with Crippen molar-refractivity contribution in [1.29, 1.82) is 0 Å². The Bertz CT molecular complexity index is 2500. The lowest BCUT2D eigenvalue weighted by molar-refractivity contribution is -0.319. The highest BCUT2D eigenvalue weighted by molar-refractivity contribution is 6.32. The van der Waals surface area contributed by atoms with Crippen LogP contribution < -0.4 is 10.9 Å². The molecule has 0 spiro atoms. The van der Waals surface area contributed by atoms with Gasteiger partial charge in [0.1, 0.15) is 40.8 Å². The number of aliphatic hydroxyl groups excluding tert-OH is 2. The lowest BCUT2D eigenvalue weighted by Crippen LogP contribution is -2.62. The number of cyclic esters (lactones) is 1. The summed E-state index contributed by atoms with van der Waals surface area (Å²) >= 11 is 6.10. The molecule has 2 aromatic carbocycles. The van der Waals surface area contributed by atoms with E-state index in [1.54, 1.807) is 72.7 Å². The van der Waals surface area contributed by atoms with E-state index in [-0.39, 0.29) is 53.5 Å². The van der Waals surface area contributed by atoms with Crippen LogP contribution in [0.25, 0.3) is 22.4 Å². The molecule has 0 radical (unpaired) electrons. The van der Waals surface area contributed by atoms with Crippen LogP contribution in [0.2, 0.25) is 5.02 Å². The SMILES string of the molecule is CC[C@H]1OC(=O)[C@H](C)[C@@H](O[C@H]2C[C@@](C)(OC)[C@@H](OC(=O)NNC(=O)c3ccc4nc(-c5cccc(Cl)c5O)[nH]c4c3)[C@H](C)O2)[C@H](C)[C@@H](O[C@@H]2O[C@H](C)C[C@H](N(C)C)[C@H]2O)[C@](C)(OC)C[C@@H](C)C(=O)[C@H](C)[C@@H](O)[C@]1(C)O. The summed E-state index contributed by atoms with van der Waals surface area (Å²) in [5.41, 5.74) is 1.45. The van der Waals surface area contributed by atoms with Crippen molar-refractivity contribution in [3.05, 3.63) is 47.0 Å². The van der Waals surface area contributed by atoms with Gasteiger partial charge < -0.3 is 68.2 Å². The first-order chi connectivity index (χ1) is 35.1. The quantitative estimate of drug-likeness (QED) is 0.0932. The van der Waals surface area contributed by atoms with Crippen LogP contribution in [0.15, 0.2) is 36.4 Å². The number of ether oxygens (including phenoxy) is 8. The molecule has 3 saturated heterocycles. The van der Waals surface area contributed by atoms with Crippen molar-refractivity contribution in [2.24, 2.45) is 23.7 Å². The molecule has 22 heteroatoms. The number of rotatable bonds is 11. The number of Topliss-reactive ketones (excluding diaryl/α,β-unsaturated/α-hetero) is 1. The zero-order chi connectivity index (χ0) is 55.6. The van der Waals surface area contributed by atoms with Gasteiger partial charge in [-0.25, -0.2) is 15.2 Å². The lowest BCUT2D eigenvalue weighted by atomic mass is 9.74. The van der Waals surface area contributed by atoms with Crippen molar-refractivity contribution in [2.75, 3.05) is 28.3 Å². The molecule has 7 N–H and O–H groups in total. The third-order valence-corrected chi connectivity index (χ3v) is 16.0. The molecule has 6 rings (SSSR count). The maximum atomic E-state index is 14.6. The number of para-hydroxylation sites is 1. The molecule has 2 amide bonds. The van der Waals surface area contributed by atoms with Crippen LogP contribution in [0.3, 0.4) is 0 Å². The summed E-state index contributed by atoms with van der Waals surface area (Å²) in [6, 6.07) is 9.13. The van der Waals surface area contributed by atoms with Crippen molar-refractivity contribution in [1.82, 2.24) is 25.7 Å². The van der Waals surface area contributed by atoms with Gasteiger partial charge in [-0.3, -0.25) is 19.8 Å². The minimum atomic E-state index is -2.05. The van der Waals surface area contributed by atoms with Gasteiger partial charge in [-0.05, 0) is 105 Å². The van der Waals surface area contributed by atoms with Crippen LogP contribution in [0.5, 0.6) is 5.75 Å². The van der Waals surface area contributed by atoms with Crippen molar-refractivity contribution in [2.45, 2.75) is 179 Å². The molecule has 18 atom stereocenters. The number of phenols is 1. The van der Waals surface area contributed by atoms with Gasteiger partial charge >= 0.3 is 12.1 Å². The second kappa shape index (κ2) is 24.0. The van der Waals surface area contributed by atoms with Crippen molar-refractivity contribution >= 4 is 46.4 Å². The number of aromatic nitrogens is 2. The number of aromatic amines is 1. The van der Waals surface area contributed by atoms with E-state index in [2.05, 4.69) is 20.8 Å². The number of imidazole rings is 1. The second-order valence-electron chi connectivity index (χ2n) is 21.5. The molecule has 21 nitrogen and oxygen atoms in total. The minimum absolute atomic E-state index is 0.0340. The van der Waals surface area contributed by atoms with E-state index >= 15 is 0 Å². The number of H-pyrrole nitrogens is 1. The third kappa shape index (κ3) is 12.8. The number of esters is 1. The molecule has 418 valence electrons. The summed E-state index contributed by atoms with van der Waals surface area (Å²) < 4.78 is 50.8. The van der Waals surface area contributed by atoms with E-state index in [4.69, 9.17) is 49.5 Å². The maximum Gasteiger partial charge on any atom is 0.426 e. The number of halogens is 1. The zero-order valence-corrected chi connectivity index (χ0v) is 46.2. The van der Waals surface area contributed by atoms with E-state index < -0.39 is 114 Å². The van der Waals surface area contributed by atoms with E-state index in [9.17, 15) is 39.6 Å². The Labute approximate surface area is 443 Å². The Morgan fingerprint density at radius 2 is 1.59 bits per heavy atom. The number of nitrogens with zero attached hydrogens (tertiary/aromatic N) is 2. The molecule has 1 aromatic heterocycles. The lowest BCUT2D eigenvalue weighted by Gasteiger charge is -2.50. The van der Waals surface area contributed by atoms with E-state index in [0.717, 1.165) is 0 Å². The molecule has 0 unspecified atom stereocenters. The van der Waals surface area contributed by atoms with Crippen LogP contribution in [0.1, 0.15) is 105 Å². The fourth-order valence-electron chi connectivity index (χ4n) is 11.1. The fourth-order valence-corrected chi connectivity index (χ4v) is 11.3. The van der Waals surface area contributed by atoms with Crippen LogP contribution in [0.4, 0.5) is 4.79 Å². The molecule has 4 heterocycles. The number of carbonyl (C=O) groups excluding carboxylic acids is 4. The fraction of sp³-hybridized carbons (Fsp3) is 0.679. The predicted octanol–water partition coefficient (Wildman–Crippen LogP) is 5.42. The number of aromatic hydroxyl groups is 1. The van der Waals surface area contributed by atoms with Gasteiger partial charge in [0.25, 0.3) is 5.91 Å². The van der Waals surface area contributed by atoms with E-state index in [1.165, 1.54) is 40.2 Å². The van der Waals surface area contributed by atoms with Gasteiger partial charge in [0.2, 0.25) is 0 Å². The smallest absolute Gasteiger partial charge is 0.426 e. The number of aliphatic hydroxyl groups is 3. The molecule has 3 aliphatic rings. The Morgan fingerprint density at radius 3 is 2.23 bits per heavy atom. The minimum Gasteiger partial charge on any atom is -0.506 e. The summed E-state index contributed by atoms with van der Waals surface area (Å²) in [5, 5.41) is 45.9. The first kappa shape index (κ1) is 59.7. The number of benzene rings is 2. The molecule has 3 fully saturated rings. The first-order valence-electron chi connectivity index (χ1n) is 25.6. The predicted molar refractivity (Wildman–Crippen MR) is 274 cm³/mol. The van der Waals surface area contributed by atoms with Gasteiger partial charge in [-0.2, -0.15) is 0 Å². The van der Waals surface area contributed by atoms with Gasteiger partial charge in [0.05, 0.1) is 63.7 Å². The summed E-state index contributed by atoms with van der Waals surface area (Å²) in [5.74, 6) is -5.51. The number of phenolic OH excluding ortho intramolecular Hbond substituents is 1. The Balaban J connectivity index is 1.26. The number of hydrogen-bond donors (Lipinski definition) is 7. The highest BCUT2D eigenvalue weighted by Crippen LogP contribution is 2.43. The number of methoxy groups -OCH3 is 2. The molecule has 0 saturated carbocycles. The topological polar surface area (TPSA) is 279 Å². The van der Waals surface area contributed by atoms with Gasteiger partial charge in [0.15, 0.2) is 18.7 Å². The molecule has 0 aliphatic carbocycles. The standard InChI is InChI=1S/C53H78ClN5O16/c1-15-37-53(10,67)43(63)27(4)39(60)25(2)23-51(8,68-13)44(74-49-41(62)36(59(11)12)21-26(3)70-49)28(5)42(29(6)48(65)72-37)73-38-24-52(9,69-14)45(30(7)71-38)75-50(66)58-57-47(64)31-19-20-34-35(22-31)56-46(55-34)32-17-16-18-33(54)40(32)61/h16-20,22,25-30,36-38,41-45,49,61-63,67H,15,21,23-24H2,1-14H3,(H,55,56)(H,57,64)(H,58,66)/t25-,26-,27+,28+,29-,30+,36+,37-,38+,41-,42+,43-,44-,45+,49+,51-,52-,53-/m1/s1. The average molecular weight is 1080 g/mol. The van der Waals surface area contributed by atoms with Crippen molar-refractivity contribution in [3.63, 3.8) is 0 Å². The largest absolute Gasteiger partial charge is 0.506 e. The number of ketones is 1. The number of likely N-dealkylation sites (N-methyl/N-ethyl adjacent to an activating group) is 1. The summed E-state index contributed by atoms with van der Waals surface area (Å²) in [4.78, 5) is 65.0. The number of amides is 2. The molecular formula is C53H78ClN5O16. The number of nitrogens with one attached hydrogen (secondary N) is 3. The average Bonchev–Trinajstić information content (AvgIpc) is 3.80. The van der Waals surface area contributed by atoms with Crippen LogP contribution in [-0.2, 0) is 47.5 Å². The van der Waals surface area contributed by atoms with Crippen molar-refractivity contribution < 1.29 is 77.5 Å². The Hall–Kier alpha value is -4.52. The molecule has 75 heavy (non-hydrogen) atoms. The Morgan fingerprint density at radius 1 is 0.920 bits per heavy atom. The van der Waals surface area contributed by atoms with E-state index in [1.807, 2.05) is 25.9 Å². The van der Waals surface area contributed by atoms with Crippen LogP contribution in [-0.4, -0.2) is 172 Å². The maximum absolute atomic E-state index is 14.6. The highest BCUT2D eigenvalue weighted by Gasteiger charge is 2.55. The molecule has 3 aliphatic heterocycles. The second-order valence-corrected chi connectivity index (χ2v) is 22.0. The number of fused-ring (bicyclic) bond motifs is 1. The van der Waals surface area contributed by atoms with Gasteiger partial charge in [-0.15, -0.1) is 0 Å². The van der Waals surface area contributed by atoms with Crippen molar-refractivity contribution in [3.8, 4) is 17.1 Å². The van der Waals surface area contributed by atoms with E-state index in [0.29, 0.717) is 28.8 Å². The van der Waals surface area contributed by atoms with Crippen LogP contribution >= 0.6 is 11.6 Å². The normalized spacial score (nSPS) is 37.4. The highest BCUT2D eigenvalue weighted by atomic mass is 35.5. The number of hydrogen-bond acceptors (Lipinski definition) is 18. The Kier molecular flexibility index (Phi) is 19.1. The number of hydrazine groups is 1. The molecule has 3 aromatic rings. The zero-order valence-electron chi connectivity index (χ0n) is 45.4. The summed E-state index contributed by atoms with van der Waals surface area (Å²) in [6.07, 6.45) is -11.4. The van der Waals surface area contributed by atoms with Gasteiger partial charge in [0, 0.05) is 50.0 Å². The first-order valence-corrected chi connectivity index (χ1v) is 25.9. The monoisotopic (exact) mass is 1080 g/mol. The molecule has 0 bridgehead atoms. The summed E-state index contributed by atoms with van der Waals surface area (Å²) in [6.45, 7) is 16.6. The summed E-state index contributed by atoms with van der Waals surface area (Å²) in [7, 11) is 6.61. The van der Waals surface area contributed by atoms with Crippen LogP contribution in [0, 0.1) is 23.7 Å². The third-order valence-electron chi connectivity index (χ3n) is 15.7. The number of carbonyl (C=O) groups is 4. The van der Waals surface area contributed by atoms with Gasteiger partial charge in [-0.1, -0.05) is 45.4 Å².